The number of hydrogen-bond acceptors (Lipinski definition) is 8. The van der Waals surface area contributed by atoms with E-state index >= 15 is 4.39 Å². The maximum atomic E-state index is 16.8. The Morgan fingerprint density at radius 2 is 1.86 bits per heavy atom. The Bertz CT molecular complexity index is 1810. The number of benzene rings is 2. The van der Waals surface area contributed by atoms with Gasteiger partial charge >= 0.3 is 6.01 Å². The van der Waals surface area contributed by atoms with Gasteiger partial charge in [0.25, 0.3) is 0 Å². The van der Waals surface area contributed by atoms with Gasteiger partial charge in [-0.05, 0) is 74.4 Å². The summed E-state index contributed by atoms with van der Waals surface area (Å²) in [6.45, 7) is 6.34. The quantitative estimate of drug-likeness (QED) is 0.244. The fourth-order valence-electron chi connectivity index (χ4n) is 7.89. The van der Waals surface area contributed by atoms with Gasteiger partial charge in [-0.15, -0.1) is 0 Å². The SMILES string of the molecule is CCc1cccc2cccc(-c3ncc4c(N5CCCC(c6ncn[nH]6)C5)nc(OCC56CCCN5CCC6)nc4c3F)c12. The molecule has 8 rings (SSSR count). The zero-order valence-electron chi connectivity index (χ0n) is 25.1. The summed E-state index contributed by atoms with van der Waals surface area (Å²) in [5, 5.41) is 9.79. The maximum Gasteiger partial charge on any atom is 0.319 e. The molecular weight excluding hydrogens is 555 g/mol. The van der Waals surface area contributed by atoms with Crippen LogP contribution < -0.4 is 9.64 Å². The van der Waals surface area contributed by atoms with Crippen molar-refractivity contribution in [2.24, 2.45) is 0 Å². The summed E-state index contributed by atoms with van der Waals surface area (Å²) >= 11 is 0. The van der Waals surface area contributed by atoms with Gasteiger partial charge in [0.1, 0.15) is 35.8 Å². The molecule has 10 heteroatoms. The third-order valence-electron chi connectivity index (χ3n) is 10.1. The molecule has 0 aliphatic carbocycles. The summed E-state index contributed by atoms with van der Waals surface area (Å²) in [6, 6.07) is 12.4. The van der Waals surface area contributed by atoms with Crippen LogP contribution in [-0.4, -0.2) is 73.4 Å². The van der Waals surface area contributed by atoms with Crippen molar-refractivity contribution in [3.8, 4) is 17.3 Å². The number of nitrogens with zero attached hydrogens (tertiary/aromatic N) is 7. The third-order valence-corrected chi connectivity index (χ3v) is 10.1. The van der Waals surface area contributed by atoms with Gasteiger partial charge in [-0.3, -0.25) is 15.0 Å². The summed E-state index contributed by atoms with van der Waals surface area (Å²) in [5.74, 6) is 1.25. The van der Waals surface area contributed by atoms with Gasteiger partial charge < -0.3 is 9.64 Å². The van der Waals surface area contributed by atoms with E-state index in [2.05, 4.69) is 56.2 Å². The number of pyridine rings is 1. The van der Waals surface area contributed by atoms with Crippen molar-refractivity contribution >= 4 is 27.5 Å². The molecular formula is C34H37FN8O. The van der Waals surface area contributed by atoms with Crippen LogP contribution >= 0.6 is 0 Å². The second kappa shape index (κ2) is 11.1. The molecule has 3 aliphatic rings. The summed E-state index contributed by atoms with van der Waals surface area (Å²) in [5.41, 5.74) is 2.51. The first-order chi connectivity index (χ1) is 21.6. The van der Waals surface area contributed by atoms with Crippen molar-refractivity contribution in [3.63, 3.8) is 0 Å². The number of piperidine rings is 1. The Labute approximate surface area is 255 Å². The van der Waals surface area contributed by atoms with Crippen molar-refractivity contribution in [1.29, 1.82) is 0 Å². The third kappa shape index (κ3) is 4.58. The minimum Gasteiger partial charge on any atom is -0.461 e. The van der Waals surface area contributed by atoms with Crippen molar-refractivity contribution in [2.45, 2.75) is 63.3 Å². The number of nitrogens with one attached hydrogen (secondary N) is 1. The zero-order chi connectivity index (χ0) is 29.7. The molecule has 0 spiro atoms. The van der Waals surface area contributed by atoms with E-state index in [-0.39, 0.29) is 23.0 Å². The number of aromatic nitrogens is 6. The van der Waals surface area contributed by atoms with Crippen LogP contribution in [0.2, 0.25) is 0 Å². The highest BCUT2D eigenvalue weighted by Crippen LogP contribution is 2.40. The Hall–Kier alpha value is -4.18. The smallest absolute Gasteiger partial charge is 0.319 e. The lowest BCUT2D eigenvalue weighted by atomic mass is 9.95. The molecule has 6 heterocycles. The van der Waals surface area contributed by atoms with E-state index in [1.54, 1.807) is 12.5 Å². The van der Waals surface area contributed by atoms with Gasteiger partial charge in [-0.2, -0.15) is 15.1 Å². The minimum absolute atomic E-state index is 0.0302. The van der Waals surface area contributed by atoms with E-state index < -0.39 is 5.82 Å². The predicted molar refractivity (Wildman–Crippen MR) is 168 cm³/mol. The first-order valence-electron chi connectivity index (χ1n) is 16.0. The minimum atomic E-state index is -0.445. The molecule has 5 aromatic rings. The maximum absolute atomic E-state index is 16.8. The van der Waals surface area contributed by atoms with E-state index in [1.165, 1.54) is 12.8 Å². The van der Waals surface area contributed by atoms with E-state index in [9.17, 15) is 0 Å². The Kier molecular flexibility index (Phi) is 6.89. The van der Waals surface area contributed by atoms with Gasteiger partial charge in [0.15, 0.2) is 5.82 Å². The Balaban J connectivity index is 1.24. The summed E-state index contributed by atoms with van der Waals surface area (Å²) in [6.07, 6.45) is 10.7. The van der Waals surface area contributed by atoms with E-state index in [4.69, 9.17) is 19.7 Å². The van der Waals surface area contributed by atoms with Crippen LogP contribution in [0.15, 0.2) is 48.9 Å². The van der Waals surface area contributed by atoms with Crippen LogP contribution in [0.1, 0.15) is 62.8 Å². The lowest BCUT2D eigenvalue weighted by molar-refractivity contribution is 0.108. The molecule has 1 N–H and O–H groups in total. The van der Waals surface area contributed by atoms with Gasteiger partial charge in [-0.25, -0.2) is 9.37 Å². The van der Waals surface area contributed by atoms with E-state index in [0.717, 1.165) is 79.5 Å². The van der Waals surface area contributed by atoms with Crippen LogP contribution in [0.5, 0.6) is 6.01 Å². The summed E-state index contributed by atoms with van der Waals surface area (Å²) < 4.78 is 23.3. The van der Waals surface area contributed by atoms with Gasteiger partial charge in [0.2, 0.25) is 0 Å². The van der Waals surface area contributed by atoms with Crippen molar-refractivity contribution in [2.75, 3.05) is 37.7 Å². The first kappa shape index (κ1) is 27.4. The molecule has 2 aromatic carbocycles. The number of hydrogen-bond donors (Lipinski definition) is 1. The normalized spacial score (nSPS) is 20.0. The average Bonchev–Trinajstić information content (AvgIpc) is 3.82. The number of ether oxygens (including phenoxy) is 1. The zero-order valence-corrected chi connectivity index (χ0v) is 25.1. The van der Waals surface area contributed by atoms with Crippen molar-refractivity contribution < 1.29 is 9.13 Å². The molecule has 0 radical (unpaired) electrons. The van der Waals surface area contributed by atoms with Gasteiger partial charge in [-0.1, -0.05) is 43.3 Å². The fraction of sp³-hybridized carbons (Fsp3) is 0.441. The number of anilines is 1. The molecule has 44 heavy (non-hydrogen) atoms. The highest BCUT2D eigenvalue weighted by molar-refractivity contribution is 6.00. The van der Waals surface area contributed by atoms with Crippen LogP contribution in [0.4, 0.5) is 10.2 Å². The molecule has 1 unspecified atom stereocenters. The van der Waals surface area contributed by atoms with Crippen LogP contribution in [0.3, 0.4) is 0 Å². The van der Waals surface area contributed by atoms with Crippen LogP contribution in [0.25, 0.3) is 32.9 Å². The molecule has 1 atom stereocenters. The van der Waals surface area contributed by atoms with Crippen LogP contribution in [0, 0.1) is 5.82 Å². The molecule has 3 aliphatic heterocycles. The monoisotopic (exact) mass is 592 g/mol. The topological polar surface area (TPSA) is 96.0 Å². The Morgan fingerprint density at radius 3 is 2.66 bits per heavy atom. The second-order valence-corrected chi connectivity index (χ2v) is 12.6. The molecule has 3 aromatic heterocycles. The Morgan fingerprint density at radius 1 is 1.02 bits per heavy atom. The molecule has 0 bridgehead atoms. The van der Waals surface area contributed by atoms with Gasteiger partial charge in [0.05, 0.1) is 10.9 Å². The van der Waals surface area contributed by atoms with Crippen molar-refractivity contribution in [3.05, 3.63) is 66.1 Å². The highest BCUT2D eigenvalue weighted by Gasteiger charge is 2.45. The number of aromatic amines is 1. The second-order valence-electron chi connectivity index (χ2n) is 12.6. The van der Waals surface area contributed by atoms with Crippen molar-refractivity contribution in [1.82, 2.24) is 35.0 Å². The molecule has 9 nitrogen and oxygen atoms in total. The molecule has 3 fully saturated rings. The number of halogens is 1. The molecule has 0 amide bonds. The van der Waals surface area contributed by atoms with Gasteiger partial charge in [0, 0.05) is 30.8 Å². The number of H-pyrrole nitrogens is 1. The number of fused-ring (bicyclic) bond motifs is 3. The molecule has 0 saturated carbocycles. The van der Waals surface area contributed by atoms with E-state index in [1.807, 2.05) is 12.1 Å². The molecule has 226 valence electrons. The average molecular weight is 593 g/mol. The molecule has 3 saturated heterocycles. The first-order valence-corrected chi connectivity index (χ1v) is 16.0. The summed E-state index contributed by atoms with van der Waals surface area (Å²) in [4.78, 5) is 23.6. The standard InChI is InChI=1S/C34H37FN8O/c1-2-22-8-3-9-23-10-4-12-25(27(22)23)29-28(35)30-26(18-36-29)32(42-15-5-11-24(19-42)31-37-21-38-41-31)40-33(39-30)44-20-34-13-6-16-43(34)17-7-14-34/h3-4,8-10,12,18,21,24H,2,5-7,11,13-17,19-20H2,1H3,(H,37,38,41). The van der Waals surface area contributed by atoms with E-state index in [0.29, 0.717) is 30.0 Å². The lowest BCUT2D eigenvalue weighted by Crippen LogP contribution is -2.43. The predicted octanol–water partition coefficient (Wildman–Crippen LogP) is 6.06. The number of rotatable bonds is 7. The van der Waals surface area contributed by atoms with Crippen LogP contribution in [-0.2, 0) is 6.42 Å². The fourth-order valence-corrected chi connectivity index (χ4v) is 7.89. The summed E-state index contributed by atoms with van der Waals surface area (Å²) in [7, 11) is 0. The largest absolute Gasteiger partial charge is 0.461 e. The number of aryl methyl sites for hydroxylation is 1. The lowest BCUT2D eigenvalue weighted by Gasteiger charge is -2.34. The highest BCUT2D eigenvalue weighted by atomic mass is 19.1.